The van der Waals surface area contributed by atoms with Crippen LogP contribution in [0.3, 0.4) is 0 Å². The van der Waals surface area contributed by atoms with Gasteiger partial charge in [-0.15, -0.1) is 11.8 Å². The molecule has 0 spiro atoms. The van der Waals surface area contributed by atoms with E-state index >= 15 is 0 Å². The molecular formula is C16H19N3S2. The Balaban J connectivity index is 2.05. The van der Waals surface area contributed by atoms with E-state index in [2.05, 4.69) is 24.0 Å². The molecule has 1 fully saturated rings. The Morgan fingerprint density at radius 2 is 1.81 bits per heavy atom. The van der Waals surface area contributed by atoms with Gasteiger partial charge in [0.15, 0.2) is 0 Å². The largest absolute Gasteiger partial charge is 0.383 e. The van der Waals surface area contributed by atoms with Gasteiger partial charge in [-0.1, -0.05) is 37.3 Å². The second-order valence-electron chi connectivity index (χ2n) is 5.17. The van der Waals surface area contributed by atoms with Crippen molar-refractivity contribution in [3.8, 4) is 11.3 Å². The standard InChI is InChI=1S/C16H19N3S2/c1-10-13(12-6-4-3-5-7-12)18-16(19-15(10)17)14-11(2)20-8-9-21-14/h3-7,11,14H,8-9H2,1-2H3,(H2,17,18,19). The van der Waals surface area contributed by atoms with Crippen molar-refractivity contribution < 1.29 is 0 Å². The summed E-state index contributed by atoms with van der Waals surface area (Å²) < 4.78 is 0. The summed E-state index contributed by atoms with van der Waals surface area (Å²) in [6, 6.07) is 10.2. The highest BCUT2D eigenvalue weighted by atomic mass is 32.2. The summed E-state index contributed by atoms with van der Waals surface area (Å²) >= 11 is 3.93. The number of benzene rings is 1. The van der Waals surface area contributed by atoms with Crippen LogP contribution in [0.1, 0.15) is 23.6 Å². The van der Waals surface area contributed by atoms with Crippen molar-refractivity contribution in [2.24, 2.45) is 0 Å². The van der Waals surface area contributed by atoms with Gasteiger partial charge in [0.1, 0.15) is 11.6 Å². The summed E-state index contributed by atoms with van der Waals surface area (Å²) in [6.07, 6.45) is 0. The van der Waals surface area contributed by atoms with E-state index in [9.17, 15) is 0 Å². The lowest BCUT2D eigenvalue weighted by atomic mass is 10.1. The summed E-state index contributed by atoms with van der Waals surface area (Å²) in [6.45, 7) is 4.25. The maximum absolute atomic E-state index is 6.14. The lowest BCUT2D eigenvalue weighted by molar-refractivity contribution is 0.825. The van der Waals surface area contributed by atoms with Gasteiger partial charge in [0.2, 0.25) is 0 Å². The molecule has 3 rings (SSSR count). The van der Waals surface area contributed by atoms with Gasteiger partial charge in [0.25, 0.3) is 0 Å². The number of hydrogen-bond acceptors (Lipinski definition) is 5. The number of nitrogen functional groups attached to an aromatic ring is 1. The second kappa shape index (κ2) is 6.28. The van der Waals surface area contributed by atoms with Gasteiger partial charge in [-0.2, -0.15) is 11.8 Å². The zero-order valence-corrected chi connectivity index (χ0v) is 13.9. The van der Waals surface area contributed by atoms with Crippen LogP contribution in [0.2, 0.25) is 0 Å². The van der Waals surface area contributed by atoms with Gasteiger partial charge in [0, 0.05) is 27.9 Å². The fraction of sp³-hybridized carbons (Fsp3) is 0.375. The van der Waals surface area contributed by atoms with Gasteiger partial charge < -0.3 is 5.73 Å². The molecule has 5 heteroatoms. The van der Waals surface area contributed by atoms with E-state index in [-0.39, 0.29) is 0 Å². The second-order valence-corrected chi connectivity index (χ2v) is 7.91. The number of rotatable bonds is 2. The number of nitrogens with two attached hydrogens (primary N) is 1. The summed E-state index contributed by atoms with van der Waals surface area (Å²) in [5.74, 6) is 3.83. The molecule has 0 saturated carbocycles. The lowest BCUT2D eigenvalue weighted by Crippen LogP contribution is -2.19. The van der Waals surface area contributed by atoms with E-state index in [1.807, 2.05) is 48.6 Å². The molecule has 2 atom stereocenters. The van der Waals surface area contributed by atoms with Crippen LogP contribution in [0.15, 0.2) is 30.3 Å². The van der Waals surface area contributed by atoms with Crippen molar-refractivity contribution in [1.29, 1.82) is 0 Å². The molecule has 1 aliphatic rings. The molecule has 0 aliphatic carbocycles. The molecular weight excluding hydrogens is 298 g/mol. The molecule has 2 N–H and O–H groups in total. The lowest BCUT2D eigenvalue weighted by Gasteiger charge is -2.27. The zero-order chi connectivity index (χ0) is 14.8. The highest BCUT2D eigenvalue weighted by Gasteiger charge is 2.27. The SMILES string of the molecule is Cc1c(N)nc(C2SCCSC2C)nc1-c1ccccc1. The Kier molecular flexibility index (Phi) is 4.40. The molecule has 1 aromatic carbocycles. The first kappa shape index (κ1) is 14.7. The predicted octanol–water partition coefficient (Wildman–Crippen LogP) is 3.94. The maximum Gasteiger partial charge on any atom is 0.145 e. The van der Waals surface area contributed by atoms with Crippen molar-refractivity contribution in [1.82, 2.24) is 9.97 Å². The topological polar surface area (TPSA) is 51.8 Å². The third kappa shape index (κ3) is 3.04. The summed E-state index contributed by atoms with van der Waals surface area (Å²) in [5.41, 5.74) is 9.17. The van der Waals surface area contributed by atoms with E-state index in [0.29, 0.717) is 16.3 Å². The van der Waals surface area contributed by atoms with Gasteiger partial charge in [-0.25, -0.2) is 9.97 Å². The number of aromatic nitrogens is 2. The Bertz CT molecular complexity index is 631. The van der Waals surface area contributed by atoms with Crippen LogP contribution in [0.5, 0.6) is 0 Å². The first-order valence-electron chi connectivity index (χ1n) is 7.09. The molecule has 21 heavy (non-hydrogen) atoms. The van der Waals surface area contributed by atoms with E-state index in [1.54, 1.807) is 0 Å². The molecule has 1 aromatic heterocycles. The number of hydrogen-bond donors (Lipinski definition) is 1. The van der Waals surface area contributed by atoms with Crippen LogP contribution >= 0.6 is 23.5 Å². The van der Waals surface area contributed by atoms with Crippen molar-refractivity contribution in [2.75, 3.05) is 17.2 Å². The summed E-state index contributed by atoms with van der Waals surface area (Å²) in [4.78, 5) is 9.42. The highest BCUT2D eigenvalue weighted by molar-refractivity contribution is 8.06. The minimum absolute atomic E-state index is 0.328. The van der Waals surface area contributed by atoms with Crippen LogP contribution in [0.25, 0.3) is 11.3 Å². The quantitative estimate of drug-likeness (QED) is 0.909. The summed E-state index contributed by atoms with van der Waals surface area (Å²) in [7, 11) is 0. The van der Waals surface area contributed by atoms with Crippen LogP contribution in [0.4, 0.5) is 5.82 Å². The minimum atomic E-state index is 0.328. The number of nitrogens with zero attached hydrogens (tertiary/aromatic N) is 2. The molecule has 0 bridgehead atoms. The third-order valence-corrected chi connectivity index (χ3v) is 6.78. The third-order valence-electron chi connectivity index (χ3n) is 3.69. The van der Waals surface area contributed by atoms with Crippen LogP contribution < -0.4 is 5.73 Å². The summed E-state index contributed by atoms with van der Waals surface area (Å²) in [5, 5.41) is 0.851. The van der Waals surface area contributed by atoms with Crippen molar-refractivity contribution in [3.05, 3.63) is 41.7 Å². The molecule has 2 heterocycles. The molecule has 110 valence electrons. The smallest absolute Gasteiger partial charge is 0.145 e. The van der Waals surface area contributed by atoms with Gasteiger partial charge >= 0.3 is 0 Å². The van der Waals surface area contributed by atoms with E-state index < -0.39 is 0 Å². The van der Waals surface area contributed by atoms with Gasteiger partial charge in [0.05, 0.1) is 10.9 Å². The Morgan fingerprint density at radius 3 is 2.52 bits per heavy atom. The normalized spacial score (nSPS) is 22.2. The monoisotopic (exact) mass is 317 g/mol. The molecule has 2 unspecified atom stereocenters. The van der Waals surface area contributed by atoms with E-state index in [0.717, 1.165) is 28.4 Å². The fourth-order valence-corrected chi connectivity index (χ4v) is 5.16. The fourth-order valence-electron chi connectivity index (χ4n) is 2.47. The maximum atomic E-state index is 6.14. The molecule has 1 saturated heterocycles. The van der Waals surface area contributed by atoms with Crippen molar-refractivity contribution in [2.45, 2.75) is 24.3 Å². The van der Waals surface area contributed by atoms with Crippen molar-refractivity contribution >= 4 is 29.3 Å². The number of anilines is 1. The molecule has 0 amide bonds. The van der Waals surface area contributed by atoms with Crippen LogP contribution in [-0.2, 0) is 0 Å². The predicted molar refractivity (Wildman–Crippen MR) is 93.7 cm³/mol. The van der Waals surface area contributed by atoms with E-state index in [4.69, 9.17) is 10.7 Å². The molecule has 3 nitrogen and oxygen atoms in total. The Labute approximate surface area is 134 Å². The van der Waals surface area contributed by atoms with Crippen LogP contribution in [-0.4, -0.2) is 26.7 Å². The highest BCUT2D eigenvalue weighted by Crippen LogP contribution is 2.42. The molecule has 0 radical (unpaired) electrons. The molecule has 1 aliphatic heterocycles. The first-order valence-corrected chi connectivity index (χ1v) is 9.19. The Morgan fingerprint density at radius 1 is 1.10 bits per heavy atom. The average Bonchev–Trinajstić information content (AvgIpc) is 2.51. The van der Waals surface area contributed by atoms with E-state index in [1.165, 1.54) is 5.75 Å². The Hall–Kier alpha value is -1.20. The van der Waals surface area contributed by atoms with Gasteiger partial charge in [-0.05, 0) is 6.92 Å². The average molecular weight is 317 g/mol. The number of thioether (sulfide) groups is 2. The first-order chi connectivity index (χ1) is 10.2. The zero-order valence-electron chi connectivity index (χ0n) is 12.2. The van der Waals surface area contributed by atoms with Crippen LogP contribution in [0, 0.1) is 6.92 Å². The minimum Gasteiger partial charge on any atom is -0.383 e. The van der Waals surface area contributed by atoms with Crippen molar-refractivity contribution in [3.63, 3.8) is 0 Å². The van der Waals surface area contributed by atoms with Gasteiger partial charge in [-0.3, -0.25) is 0 Å². The molecule has 2 aromatic rings.